The molecule has 0 unspecified atom stereocenters. The lowest BCUT2D eigenvalue weighted by molar-refractivity contribution is -0.121. The fraction of sp³-hybridized carbons (Fsp3) is 0.435. The van der Waals surface area contributed by atoms with Crippen molar-refractivity contribution in [2.75, 3.05) is 26.9 Å². The summed E-state index contributed by atoms with van der Waals surface area (Å²) < 4.78 is 16.4. The maximum absolute atomic E-state index is 12.1. The molecule has 0 radical (unpaired) electrons. The Balaban J connectivity index is 1.72. The molecule has 0 fully saturated rings. The molecular weight excluding hydrogens is 354 g/mol. The standard InChI is InChI=1S/C23H31NO4/c1-4-27-21-14-10-19(17-22(21)28-5-2)11-15-23(25)24-16-6-7-18-8-12-20(26-3)13-9-18/h8-10,12-14,17H,4-7,11,15-16H2,1-3H3,(H,24,25). The Morgan fingerprint density at radius 1 is 0.893 bits per heavy atom. The van der Waals surface area contributed by atoms with Crippen LogP contribution in [-0.4, -0.2) is 32.8 Å². The van der Waals surface area contributed by atoms with E-state index in [0.717, 1.165) is 35.7 Å². The average molecular weight is 386 g/mol. The van der Waals surface area contributed by atoms with E-state index in [4.69, 9.17) is 14.2 Å². The smallest absolute Gasteiger partial charge is 0.220 e. The van der Waals surface area contributed by atoms with Crippen LogP contribution >= 0.6 is 0 Å². The summed E-state index contributed by atoms with van der Waals surface area (Å²) in [6, 6.07) is 13.9. The Kier molecular flexibility index (Phi) is 9.19. The zero-order valence-corrected chi connectivity index (χ0v) is 17.1. The van der Waals surface area contributed by atoms with Gasteiger partial charge in [0.15, 0.2) is 11.5 Å². The molecule has 0 heterocycles. The van der Waals surface area contributed by atoms with Crippen LogP contribution in [0.2, 0.25) is 0 Å². The Bertz CT molecular complexity index is 728. The van der Waals surface area contributed by atoms with Crippen molar-refractivity contribution in [1.29, 1.82) is 0 Å². The lowest BCUT2D eigenvalue weighted by Gasteiger charge is -2.12. The molecule has 0 atom stereocenters. The van der Waals surface area contributed by atoms with E-state index < -0.39 is 0 Å². The number of rotatable bonds is 12. The van der Waals surface area contributed by atoms with Crippen LogP contribution in [0.1, 0.15) is 37.8 Å². The lowest BCUT2D eigenvalue weighted by Crippen LogP contribution is -2.25. The Hall–Kier alpha value is -2.69. The molecule has 0 saturated carbocycles. The monoisotopic (exact) mass is 385 g/mol. The number of amides is 1. The number of methoxy groups -OCH3 is 1. The van der Waals surface area contributed by atoms with Gasteiger partial charge in [-0.15, -0.1) is 0 Å². The molecule has 0 bridgehead atoms. The summed E-state index contributed by atoms with van der Waals surface area (Å²) in [7, 11) is 1.66. The minimum absolute atomic E-state index is 0.0709. The van der Waals surface area contributed by atoms with Gasteiger partial charge in [-0.05, 0) is 68.5 Å². The van der Waals surface area contributed by atoms with E-state index in [1.54, 1.807) is 7.11 Å². The molecule has 2 aromatic rings. The molecule has 0 aromatic heterocycles. The first-order valence-corrected chi connectivity index (χ1v) is 9.94. The van der Waals surface area contributed by atoms with Crippen LogP contribution in [0.25, 0.3) is 0 Å². The van der Waals surface area contributed by atoms with Crippen molar-refractivity contribution in [3.63, 3.8) is 0 Å². The second-order valence-electron chi connectivity index (χ2n) is 6.45. The van der Waals surface area contributed by atoms with Crippen molar-refractivity contribution in [3.05, 3.63) is 53.6 Å². The number of hydrogen-bond donors (Lipinski definition) is 1. The molecule has 2 aromatic carbocycles. The van der Waals surface area contributed by atoms with Gasteiger partial charge in [-0.2, -0.15) is 0 Å². The number of nitrogens with one attached hydrogen (secondary N) is 1. The summed E-state index contributed by atoms with van der Waals surface area (Å²) >= 11 is 0. The van der Waals surface area contributed by atoms with E-state index in [1.807, 2.05) is 44.2 Å². The number of hydrogen-bond acceptors (Lipinski definition) is 4. The zero-order valence-electron chi connectivity index (χ0n) is 17.1. The summed E-state index contributed by atoms with van der Waals surface area (Å²) in [5, 5.41) is 3.00. The highest BCUT2D eigenvalue weighted by Crippen LogP contribution is 2.29. The Morgan fingerprint density at radius 3 is 2.25 bits per heavy atom. The van der Waals surface area contributed by atoms with Crippen molar-refractivity contribution in [2.45, 2.75) is 39.5 Å². The highest BCUT2D eigenvalue weighted by molar-refractivity contribution is 5.76. The molecular formula is C23H31NO4. The number of carbonyl (C=O) groups is 1. The van der Waals surface area contributed by atoms with E-state index >= 15 is 0 Å². The van der Waals surface area contributed by atoms with E-state index in [1.165, 1.54) is 5.56 Å². The first kappa shape index (κ1) is 21.6. The lowest BCUT2D eigenvalue weighted by atomic mass is 10.1. The number of aryl methyl sites for hydroxylation is 2. The van der Waals surface area contributed by atoms with E-state index in [0.29, 0.717) is 32.6 Å². The predicted molar refractivity (Wildman–Crippen MR) is 111 cm³/mol. The van der Waals surface area contributed by atoms with Crippen LogP contribution in [0, 0.1) is 0 Å². The summed E-state index contributed by atoms with van der Waals surface area (Å²) in [6.45, 7) is 5.75. The van der Waals surface area contributed by atoms with Gasteiger partial charge < -0.3 is 19.5 Å². The van der Waals surface area contributed by atoms with Crippen LogP contribution in [-0.2, 0) is 17.6 Å². The molecule has 5 heteroatoms. The third-order valence-corrected chi connectivity index (χ3v) is 4.37. The largest absolute Gasteiger partial charge is 0.497 e. The van der Waals surface area contributed by atoms with Gasteiger partial charge in [-0.3, -0.25) is 4.79 Å². The van der Waals surface area contributed by atoms with E-state index in [2.05, 4.69) is 17.4 Å². The van der Waals surface area contributed by atoms with Crippen molar-refractivity contribution in [3.8, 4) is 17.2 Å². The van der Waals surface area contributed by atoms with Gasteiger partial charge in [-0.1, -0.05) is 18.2 Å². The first-order chi connectivity index (χ1) is 13.7. The van der Waals surface area contributed by atoms with E-state index in [9.17, 15) is 4.79 Å². The first-order valence-electron chi connectivity index (χ1n) is 9.94. The second-order valence-corrected chi connectivity index (χ2v) is 6.45. The fourth-order valence-electron chi connectivity index (χ4n) is 2.91. The Morgan fingerprint density at radius 2 is 1.57 bits per heavy atom. The highest BCUT2D eigenvalue weighted by Gasteiger charge is 2.08. The van der Waals surface area contributed by atoms with Gasteiger partial charge in [0, 0.05) is 13.0 Å². The minimum atomic E-state index is 0.0709. The molecule has 5 nitrogen and oxygen atoms in total. The molecule has 152 valence electrons. The molecule has 1 N–H and O–H groups in total. The molecule has 0 aliphatic rings. The van der Waals surface area contributed by atoms with Crippen molar-refractivity contribution >= 4 is 5.91 Å². The van der Waals surface area contributed by atoms with Crippen molar-refractivity contribution in [1.82, 2.24) is 5.32 Å². The van der Waals surface area contributed by atoms with Crippen LogP contribution < -0.4 is 19.5 Å². The Labute approximate surface area is 168 Å². The molecule has 0 aliphatic carbocycles. The molecule has 0 saturated heterocycles. The van der Waals surface area contributed by atoms with Crippen LogP contribution in [0.5, 0.6) is 17.2 Å². The maximum Gasteiger partial charge on any atom is 0.220 e. The van der Waals surface area contributed by atoms with Crippen LogP contribution in [0.15, 0.2) is 42.5 Å². The normalized spacial score (nSPS) is 10.4. The summed E-state index contributed by atoms with van der Waals surface area (Å²) in [6.07, 6.45) is 2.98. The van der Waals surface area contributed by atoms with Gasteiger partial charge in [-0.25, -0.2) is 0 Å². The summed E-state index contributed by atoms with van der Waals surface area (Å²) in [5.41, 5.74) is 2.31. The zero-order chi connectivity index (χ0) is 20.2. The van der Waals surface area contributed by atoms with Gasteiger partial charge in [0.05, 0.1) is 20.3 Å². The van der Waals surface area contributed by atoms with E-state index in [-0.39, 0.29) is 5.91 Å². The fourth-order valence-corrected chi connectivity index (χ4v) is 2.91. The minimum Gasteiger partial charge on any atom is -0.497 e. The molecule has 2 rings (SSSR count). The number of ether oxygens (including phenoxy) is 3. The van der Waals surface area contributed by atoms with Crippen LogP contribution in [0.3, 0.4) is 0 Å². The van der Waals surface area contributed by atoms with Gasteiger partial charge in [0.1, 0.15) is 5.75 Å². The average Bonchev–Trinajstić information content (AvgIpc) is 2.72. The number of benzene rings is 2. The third-order valence-electron chi connectivity index (χ3n) is 4.37. The SMILES string of the molecule is CCOc1ccc(CCC(=O)NCCCc2ccc(OC)cc2)cc1OCC. The third kappa shape index (κ3) is 7.14. The topological polar surface area (TPSA) is 56.8 Å². The highest BCUT2D eigenvalue weighted by atomic mass is 16.5. The predicted octanol–water partition coefficient (Wildman–Crippen LogP) is 4.17. The molecule has 28 heavy (non-hydrogen) atoms. The second kappa shape index (κ2) is 11.9. The van der Waals surface area contributed by atoms with Gasteiger partial charge in [0.25, 0.3) is 0 Å². The molecule has 0 aliphatic heterocycles. The van der Waals surface area contributed by atoms with Gasteiger partial charge >= 0.3 is 0 Å². The van der Waals surface area contributed by atoms with Crippen molar-refractivity contribution in [2.24, 2.45) is 0 Å². The maximum atomic E-state index is 12.1. The summed E-state index contributed by atoms with van der Waals surface area (Å²) in [5.74, 6) is 2.42. The quantitative estimate of drug-likeness (QED) is 0.557. The van der Waals surface area contributed by atoms with Crippen LogP contribution in [0.4, 0.5) is 0 Å². The summed E-state index contributed by atoms with van der Waals surface area (Å²) in [4.78, 5) is 12.1. The van der Waals surface area contributed by atoms with Gasteiger partial charge in [0.2, 0.25) is 5.91 Å². The number of carbonyl (C=O) groups excluding carboxylic acids is 1. The van der Waals surface area contributed by atoms with Crippen molar-refractivity contribution < 1.29 is 19.0 Å². The molecule has 0 spiro atoms. The molecule has 1 amide bonds.